The topological polar surface area (TPSA) is 70.7 Å². The van der Waals surface area contributed by atoms with Crippen molar-refractivity contribution in [2.45, 2.75) is 44.2 Å². The molecule has 1 atom stereocenters. The van der Waals surface area contributed by atoms with E-state index in [0.29, 0.717) is 19.7 Å². The Morgan fingerprint density at radius 3 is 2.46 bits per heavy atom. The van der Waals surface area contributed by atoms with Gasteiger partial charge in [0.1, 0.15) is 6.10 Å². The van der Waals surface area contributed by atoms with Gasteiger partial charge in [-0.2, -0.15) is 0 Å². The van der Waals surface area contributed by atoms with Crippen LogP contribution in [-0.4, -0.2) is 48.7 Å². The van der Waals surface area contributed by atoms with Gasteiger partial charge in [-0.3, -0.25) is 4.79 Å². The highest BCUT2D eigenvalue weighted by Gasteiger charge is 2.27. The molecule has 2 heterocycles. The van der Waals surface area contributed by atoms with Gasteiger partial charge < -0.3 is 20.3 Å². The van der Waals surface area contributed by atoms with Crippen LogP contribution in [0.25, 0.3) is 0 Å². The van der Waals surface area contributed by atoms with Crippen molar-refractivity contribution in [3.63, 3.8) is 0 Å². The number of urea groups is 1. The third-order valence-corrected chi connectivity index (χ3v) is 4.63. The first-order chi connectivity index (χ1) is 11.7. The Kier molecular flexibility index (Phi) is 5.69. The minimum atomic E-state index is -0.293. The molecule has 2 N–H and O–H groups in total. The first kappa shape index (κ1) is 16.8. The van der Waals surface area contributed by atoms with Crippen LogP contribution >= 0.6 is 0 Å². The summed E-state index contributed by atoms with van der Waals surface area (Å²) in [6, 6.07) is 9.49. The number of rotatable bonds is 3. The van der Waals surface area contributed by atoms with E-state index in [2.05, 4.69) is 10.6 Å². The molecule has 0 spiro atoms. The Hall–Kier alpha value is -2.08. The molecule has 1 aromatic rings. The smallest absolute Gasteiger partial charge is 0.321 e. The maximum Gasteiger partial charge on any atom is 0.321 e. The highest BCUT2D eigenvalue weighted by molar-refractivity contribution is 5.89. The van der Waals surface area contributed by atoms with Crippen molar-refractivity contribution in [3.8, 4) is 0 Å². The van der Waals surface area contributed by atoms with Crippen LogP contribution in [-0.2, 0) is 9.53 Å². The van der Waals surface area contributed by atoms with Gasteiger partial charge in [0.15, 0.2) is 0 Å². The lowest BCUT2D eigenvalue weighted by atomic mass is 10.0. The van der Waals surface area contributed by atoms with Gasteiger partial charge >= 0.3 is 6.03 Å². The quantitative estimate of drug-likeness (QED) is 0.893. The zero-order valence-corrected chi connectivity index (χ0v) is 13.9. The number of hydrogen-bond donors (Lipinski definition) is 2. The predicted octanol–water partition coefficient (Wildman–Crippen LogP) is 2.37. The second-order valence-corrected chi connectivity index (χ2v) is 6.42. The number of hydrogen-bond acceptors (Lipinski definition) is 3. The average Bonchev–Trinajstić information content (AvgIpc) is 2.64. The van der Waals surface area contributed by atoms with Gasteiger partial charge in [-0.05, 0) is 44.2 Å². The zero-order valence-electron chi connectivity index (χ0n) is 13.9. The van der Waals surface area contributed by atoms with Crippen molar-refractivity contribution in [2.75, 3.05) is 25.0 Å². The number of carbonyl (C=O) groups excluding carboxylic acids is 2. The number of nitrogens with one attached hydrogen (secondary N) is 2. The largest absolute Gasteiger partial charge is 0.368 e. The normalized spacial score (nSPS) is 22.0. The summed E-state index contributed by atoms with van der Waals surface area (Å²) in [5, 5.41) is 5.97. The monoisotopic (exact) mass is 331 g/mol. The van der Waals surface area contributed by atoms with E-state index in [4.69, 9.17) is 4.74 Å². The first-order valence-corrected chi connectivity index (χ1v) is 8.75. The van der Waals surface area contributed by atoms with Crippen molar-refractivity contribution in [1.29, 1.82) is 0 Å². The summed E-state index contributed by atoms with van der Waals surface area (Å²) in [5.74, 6) is 0.00175. The highest BCUT2D eigenvalue weighted by Crippen LogP contribution is 2.16. The van der Waals surface area contributed by atoms with E-state index in [1.54, 1.807) is 4.90 Å². The maximum absolute atomic E-state index is 12.3. The van der Waals surface area contributed by atoms with Crippen LogP contribution in [0, 0.1) is 0 Å². The number of carbonyl (C=O) groups is 2. The Morgan fingerprint density at radius 2 is 1.79 bits per heavy atom. The zero-order chi connectivity index (χ0) is 16.8. The van der Waals surface area contributed by atoms with Crippen LogP contribution in [0.2, 0.25) is 0 Å². The SMILES string of the molecule is O=C(NC1CCN(C(=O)Nc2ccccc2)CC1)[C@H]1CCCCO1. The Labute approximate surface area is 142 Å². The number of anilines is 1. The molecule has 0 bridgehead atoms. The molecule has 130 valence electrons. The van der Waals surface area contributed by atoms with E-state index < -0.39 is 0 Å². The molecular weight excluding hydrogens is 306 g/mol. The van der Waals surface area contributed by atoms with Crippen LogP contribution in [0.3, 0.4) is 0 Å². The van der Waals surface area contributed by atoms with Crippen molar-refractivity contribution in [3.05, 3.63) is 30.3 Å². The lowest BCUT2D eigenvalue weighted by Gasteiger charge is -2.33. The summed E-state index contributed by atoms with van der Waals surface area (Å²) >= 11 is 0. The molecule has 2 aliphatic rings. The van der Waals surface area contributed by atoms with E-state index in [0.717, 1.165) is 37.8 Å². The summed E-state index contributed by atoms with van der Waals surface area (Å²) in [5.41, 5.74) is 0.798. The molecule has 3 amide bonds. The molecule has 6 heteroatoms. The number of likely N-dealkylation sites (tertiary alicyclic amines) is 1. The second-order valence-electron chi connectivity index (χ2n) is 6.42. The number of benzene rings is 1. The fraction of sp³-hybridized carbons (Fsp3) is 0.556. The molecule has 3 rings (SSSR count). The van der Waals surface area contributed by atoms with Gasteiger partial charge in [0.25, 0.3) is 0 Å². The van der Waals surface area contributed by atoms with Crippen LogP contribution in [0.15, 0.2) is 30.3 Å². The van der Waals surface area contributed by atoms with E-state index in [-0.39, 0.29) is 24.1 Å². The molecule has 0 aromatic heterocycles. The molecule has 0 saturated carbocycles. The molecular formula is C18H25N3O3. The van der Waals surface area contributed by atoms with Gasteiger partial charge in [0.05, 0.1) is 0 Å². The number of para-hydroxylation sites is 1. The summed E-state index contributed by atoms with van der Waals surface area (Å²) in [6.07, 6.45) is 4.17. The van der Waals surface area contributed by atoms with Crippen molar-refractivity contribution >= 4 is 17.6 Å². The van der Waals surface area contributed by atoms with E-state index in [9.17, 15) is 9.59 Å². The van der Waals surface area contributed by atoms with Gasteiger partial charge in [-0.1, -0.05) is 18.2 Å². The van der Waals surface area contributed by atoms with Crippen LogP contribution in [0.1, 0.15) is 32.1 Å². The maximum atomic E-state index is 12.3. The number of piperidine rings is 1. The summed E-state index contributed by atoms with van der Waals surface area (Å²) < 4.78 is 5.52. The molecule has 2 aliphatic heterocycles. The second kappa shape index (κ2) is 8.15. The number of nitrogens with zero attached hydrogens (tertiary/aromatic N) is 1. The van der Waals surface area contributed by atoms with Crippen molar-refractivity contribution in [1.82, 2.24) is 10.2 Å². The highest BCUT2D eigenvalue weighted by atomic mass is 16.5. The molecule has 2 fully saturated rings. The minimum absolute atomic E-state index is 0.00175. The van der Waals surface area contributed by atoms with Gasteiger partial charge in [0, 0.05) is 31.4 Å². The lowest BCUT2D eigenvalue weighted by molar-refractivity contribution is -0.136. The molecule has 2 saturated heterocycles. The Morgan fingerprint density at radius 1 is 1.04 bits per heavy atom. The Bertz CT molecular complexity index is 550. The third-order valence-electron chi connectivity index (χ3n) is 4.63. The standard InChI is InChI=1S/C18H25N3O3/c22-17(16-8-4-5-13-24-16)19-15-9-11-21(12-10-15)18(23)20-14-6-2-1-3-7-14/h1-3,6-7,15-16H,4-5,8-13H2,(H,19,22)(H,20,23)/t16-/m1/s1. The molecule has 1 aromatic carbocycles. The van der Waals surface area contributed by atoms with Gasteiger partial charge in [0.2, 0.25) is 5.91 Å². The fourth-order valence-corrected chi connectivity index (χ4v) is 3.19. The molecule has 0 aliphatic carbocycles. The van der Waals surface area contributed by atoms with Crippen LogP contribution in [0.5, 0.6) is 0 Å². The Balaban J connectivity index is 1.42. The van der Waals surface area contributed by atoms with Crippen LogP contribution in [0.4, 0.5) is 10.5 Å². The predicted molar refractivity (Wildman–Crippen MR) is 91.8 cm³/mol. The molecule has 0 radical (unpaired) electrons. The van der Waals surface area contributed by atoms with Gasteiger partial charge in [-0.25, -0.2) is 4.79 Å². The molecule has 0 unspecified atom stereocenters. The lowest BCUT2D eigenvalue weighted by Crippen LogP contribution is -2.50. The number of amides is 3. The molecule has 6 nitrogen and oxygen atoms in total. The van der Waals surface area contributed by atoms with E-state index in [1.165, 1.54) is 0 Å². The first-order valence-electron chi connectivity index (χ1n) is 8.75. The minimum Gasteiger partial charge on any atom is -0.368 e. The van der Waals surface area contributed by atoms with E-state index in [1.807, 2.05) is 30.3 Å². The van der Waals surface area contributed by atoms with E-state index >= 15 is 0 Å². The van der Waals surface area contributed by atoms with Crippen molar-refractivity contribution in [2.24, 2.45) is 0 Å². The summed E-state index contributed by atoms with van der Waals surface area (Å²) in [7, 11) is 0. The summed E-state index contributed by atoms with van der Waals surface area (Å²) in [4.78, 5) is 26.2. The van der Waals surface area contributed by atoms with Crippen LogP contribution < -0.4 is 10.6 Å². The molecule has 24 heavy (non-hydrogen) atoms. The third kappa shape index (κ3) is 4.47. The van der Waals surface area contributed by atoms with Crippen molar-refractivity contribution < 1.29 is 14.3 Å². The summed E-state index contributed by atoms with van der Waals surface area (Å²) in [6.45, 7) is 1.97. The average molecular weight is 331 g/mol. The number of ether oxygens (including phenoxy) is 1. The van der Waals surface area contributed by atoms with Gasteiger partial charge in [-0.15, -0.1) is 0 Å². The fourth-order valence-electron chi connectivity index (χ4n) is 3.19.